The SMILES string of the molecule is CCCCCCCCCC(C)C[P+](CCCC)(CCCC)CCCC. The molecule has 0 bridgehead atoms. The average Bonchev–Trinajstić information content (AvgIpc) is 2.62. The molecule has 0 aliphatic rings. The molecule has 0 amide bonds. The van der Waals surface area contributed by atoms with Gasteiger partial charge >= 0.3 is 0 Å². The second-order valence-corrected chi connectivity index (χ2v) is 13.2. The largest absolute Gasteiger partial charge is 0.0654 e. The molecule has 0 spiro atoms. The molecule has 0 saturated carbocycles. The van der Waals surface area contributed by atoms with Gasteiger partial charge in [-0.15, -0.1) is 0 Å². The summed E-state index contributed by atoms with van der Waals surface area (Å²) in [5.41, 5.74) is 0. The van der Waals surface area contributed by atoms with Crippen molar-refractivity contribution in [3.63, 3.8) is 0 Å². The highest BCUT2D eigenvalue weighted by atomic mass is 31.2. The van der Waals surface area contributed by atoms with Crippen molar-refractivity contribution in [1.29, 1.82) is 0 Å². The quantitative estimate of drug-likeness (QED) is 0.157. The van der Waals surface area contributed by atoms with Crippen LogP contribution in [0.2, 0.25) is 0 Å². The van der Waals surface area contributed by atoms with E-state index in [1.165, 1.54) is 89.9 Å². The number of hydrogen-bond donors (Lipinski definition) is 0. The van der Waals surface area contributed by atoms with Gasteiger partial charge in [-0.25, -0.2) is 0 Å². The van der Waals surface area contributed by atoms with Crippen LogP contribution in [0.25, 0.3) is 0 Å². The number of rotatable bonds is 19. The van der Waals surface area contributed by atoms with Gasteiger partial charge in [0.2, 0.25) is 0 Å². The van der Waals surface area contributed by atoms with Crippen LogP contribution in [0.5, 0.6) is 0 Å². The normalized spacial score (nSPS) is 13.3. The third-order valence-corrected chi connectivity index (χ3v) is 11.2. The van der Waals surface area contributed by atoms with E-state index in [0.29, 0.717) is 0 Å². The van der Waals surface area contributed by atoms with Crippen molar-refractivity contribution in [2.24, 2.45) is 5.92 Å². The van der Waals surface area contributed by atoms with Crippen molar-refractivity contribution < 1.29 is 0 Å². The smallest absolute Gasteiger partial charge is 0.0619 e. The molecular formula is C24H52P+. The molecule has 0 aliphatic heterocycles. The second-order valence-electron chi connectivity index (χ2n) is 8.77. The Morgan fingerprint density at radius 3 is 1.36 bits per heavy atom. The van der Waals surface area contributed by atoms with Gasteiger partial charge in [-0.1, -0.05) is 98.8 Å². The van der Waals surface area contributed by atoms with Gasteiger partial charge in [-0.3, -0.25) is 0 Å². The van der Waals surface area contributed by atoms with E-state index in [2.05, 4.69) is 34.6 Å². The maximum Gasteiger partial charge on any atom is 0.0619 e. The Labute approximate surface area is 162 Å². The first-order valence-electron chi connectivity index (χ1n) is 12.0. The third-order valence-electron chi connectivity index (χ3n) is 5.96. The fourth-order valence-electron chi connectivity index (χ4n) is 4.29. The van der Waals surface area contributed by atoms with Crippen LogP contribution in [0.15, 0.2) is 0 Å². The molecule has 1 unspecified atom stereocenters. The molecule has 0 saturated heterocycles. The van der Waals surface area contributed by atoms with Crippen LogP contribution in [0.4, 0.5) is 0 Å². The Bertz CT molecular complexity index is 239. The van der Waals surface area contributed by atoms with Crippen LogP contribution in [0, 0.1) is 5.92 Å². The summed E-state index contributed by atoms with van der Waals surface area (Å²) in [6.07, 6.45) is 26.8. The molecule has 1 heteroatoms. The first-order valence-corrected chi connectivity index (χ1v) is 14.5. The summed E-state index contributed by atoms with van der Waals surface area (Å²) < 4.78 is 0. The predicted molar refractivity (Wildman–Crippen MR) is 123 cm³/mol. The van der Waals surface area contributed by atoms with Crippen LogP contribution in [-0.2, 0) is 0 Å². The van der Waals surface area contributed by atoms with Gasteiger partial charge < -0.3 is 0 Å². The zero-order valence-corrected chi connectivity index (χ0v) is 19.6. The molecular weight excluding hydrogens is 319 g/mol. The summed E-state index contributed by atoms with van der Waals surface area (Å²) in [6, 6.07) is 0. The molecule has 0 rings (SSSR count). The molecule has 1 atom stereocenters. The maximum atomic E-state index is 2.58. The van der Waals surface area contributed by atoms with Gasteiger partial charge in [-0.2, -0.15) is 0 Å². The topological polar surface area (TPSA) is 0 Å². The lowest BCUT2D eigenvalue weighted by Gasteiger charge is -2.30. The minimum atomic E-state index is -0.672. The van der Waals surface area contributed by atoms with Crippen LogP contribution >= 0.6 is 7.26 Å². The van der Waals surface area contributed by atoms with E-state index in [9.17, 15) is 0 Å². The van der Waals surface area contributed by atoms with Crippen LogP contribution in [-0.4, -0.2) is 24.6 Å². The first kappa shape index (κ1) is 25.4. The summed E-state index contributed by atoms with van der Waals surface area (Å²) in [7, 11) is -0.672. The van der Waals surface area contributed by atoms with E-state index < -0.39 is 7.26 Å². The van der Waals surface area contributed by atoms with Crippen molar-refractivity contribution in [2.75, 3.05) is 24.6 Å². The molecule has 0 nitrogen and oxygen atoms in total. The third kappa shape index (κ3) is 14.2. The molecule has 0 aliphatic carbocycles. The predicted octanol–water partition coefficient (Wildman–Crippen LogP) is 9.18. The van der Waals surface area contributed by atoms with E-state index >= 15 is 0 Å². The lowest BCUT2D eigenvalue weighted by atomic mass is 10.0. The van der Waals surface area contributed by atoms with Crippen molar-refractivity contribution in [3.05, 3.63) is 0 Å². The number of hydrogen-bond acceptors (Lipinski definition) is 0. The van der Waals surface area contributed by atoms with Crippen LogP contribution in [0.1, 0.15) is 125 Å². The van der Waals surface area contributed by atoms with Gasteiger partial charge in [0.25, 0.3) is 0 Å². The lowest BCUT2D eigenvalue weighted by molar-refractivity contribution is 0.512. The van der Waals surface area contributed by atoms with E-state index in [1.807, 2.05) is 0 Å². The van der Waals surface area contributed by atoms with Crippen molar-refractivity contribution in [1.82, 2.24) is 0 Å². The minimum absolute atomic E-state index is 0.672. The Morgan fingerprint density at radius 2 is 0.920 bits per heavy atom. The molecule has 0 N–H and O–H groups in total. The van der Waals surface area contributed by atoms with Gasteiger partial charge in [0.05, 0.1) is 24.6 Å². The van der Waals surface area contributed by atoms with Gasteiger partial charge in [-0.05, 0) is 31.6 Å². The van der Waals surface area contributed by atoms with Crippen molar-refractivity contribution >= 4 is 7.26 Å². The van der Waals surface area contributed by atoms with Gasteiger partial charge in [0.1, 0.15) is 0 Å². The van der Waals surface area contributed by atoms with E-state index in [4.69, 9.17) is 0 Å². The van der Waals surface area contributed by atoms with Gasteiger partial charge in [0, 0.05) is 7.26 Å². The zero-order valence-electron chi connectivity index (χ0n) is 18.8. The molecule has 0 fully saturated rings. The fraction of sp³-hybridized carbons (Fsp3) is 1.00. The molecule has 0 aromatic carbocycles. The van der Waals surface area contributed by atoms with E-state index in [-0.39, 0.29) is 0 Å². The molecule has 0 radical (unpaired) electrons. The highest BCUT2D eigenvalue weighted by Gasteiger charge is 2.36. The van der Waals surface area contributed by atoms with Crippen LogP contribution < -0.4 is 0 Å². The lowest BCUT2D eigenvalue weighted by Crippen LogP contribution is -2.17. The minimum Gasteiger partial charge on any atom is -0.0654 e. The highest BCUT2D eigenvalue weighted by Crippen LogP contribution is 2.62. The Hall–Kier alpha value is 0.430. The Kier molecular flexibility index (Phi) is 18.1. The van der Waals surface area contributed by atoms with Crippen molar-refractivity contribution in [3.8, 4) is 0 Å². The van der Waals surface area contributed by atoms with Crippen molar-refractivity contribution in [2.45, 2.75) is 125 Å². The highest BCUT2D eigenvalue weighted by molar-refractivity contribution is 7.75. The summed E-state index contributed by atoms with van der Waals surface area (Å²) in [6.45, 7) is 12.0. The standard InChI is InChI=1S/C24H52P/c1-6-10-14-15-16-17-18-19-24(5)23-25(20-11-7-2,21-12-8-3)22-13-9-4/h24H,6-23H2,1-5H3/q+1. The van der Waals surface area contributed by atoms with Crippen LogP contribution in [0.3, 0.4) is 0 Å². The number of unbranched alkanes of at least 4 members (excludes halogenated alkanes) is 9. The molecule has 25 heavy (non-hydrogen) atoms. The molecule has 152 valence electrons. The fourth-order valence-corrected chi connectivity index (χ4v) is 9.98. The molecule has 0 heterocycles. The first-order chi connectivity index (χ1) is 12.1. The molecule has 0 aromatic heterocycles. The average molecular weight is 372 g/mol. The Balaban J connectivity index is 4.32. The summed E-state index contributed by atoms with van der Waals surface area (Å²) >= 11 is 0. The summed E-state index contributed by atoms with van der Waals surface area (Å²) in [5, 5.41) is 0. The summed E-state index contributed by atoms with van der Waals surface area (Å²) in [5.74, 6) is 0.981. The summed E-state index contributed by atoms with van der Waals surface area (Å²) in [4.78, 5) is 0. The maximum absolute atomic E-state index is 2.58. The second kappa shape index (κ2) is 17.8. The van der Waals surface area contributed by atoms with E-state index in [0.717, 1.165) is 5.92 Å². The van der Waals surface area contributed by atoms with E-state index in [1.54, 1.807) is 24.6 Å². The van der Waals surface area contributed by atoms with Gasteiger partial charge in [0.15, 0.2) is 0 Å². The Morgan fingerprint density at radius 1 is 0.520 bits per heavy atom. The molecule has 0 aromatic rings. The monoisotopic (exact) mass is 371 g/mol. The zero-order chi connectivity index (χ0) is 18.8.